The second-order valence-corrected chi connectivity index (χ2v) is 8.68. The number of nitrogens with one attached hydrogen (secondary N) is 1. The minimum atomic E-state index is -3.50. The molecule has 1 aliphatic rings. The zero-order valence-corrected chi connectivity index (χ0v) is 16.8. The molecule has 142 valence electrons. The Morgan fingerprint density at radius 1 is 1.28 bits per heavy atom. The van der Waals surface area contributed by atoms with E-state index in [1.54, 1.807) is 20.2 Å². The third-order valence-electron chi connectivity index (χ3n) is 5.09. The van der Waals surface area contributed by atoms with E-state index in [9.17, 15) is 8.42 Å². The van der Waals surface area contributed by atoms with Gasteiger partial charge in [-0.25, -0.2) is 9.97 Å². The van der Waals surface area contributed by atoms with Crippen LogP contribution in [0.4, 0.5) is 5.95 Å². The Hall–Kier alpha value is -1.25. The van der Waals surface area contributed by atoms with Gasteiger partial charge in [0, 0.05) is 50.2 Å². The van der Waals surface area contributed by atoms with Crippen LogP contribution < -0.4 is 9.62 Å². The van der Waals surface area contributed by atoms with E-state index in [1.165, 1.54) is 36.4 Å². The standard InChI is InChI=1S/C17H31N5O2S/c1-6-21(4)25(23,24)20-14(3)16-12-18-17(19-13(16)2)22(5)15-10-8-7-9-11-15/h12,14-15,20H,6-11H2,1-5H3/t14-/m0/s1. The van der Waals surface area contributed by atoms with Crippen molar-refractivity contribution < 1.29 is 8.42 Å². The first-order valence-corrected chi connectivity index (χ1v) is 10.5. The second-order valence-electron chi connectivity index (χ2n) is 6.87. The fourth-order valence-corrected chi connectivity index (χ4v) is 4.33. The van der Waals surface area contributed by atoms with Crippen LogP contribution in [0.3, 0.4) is 0 Å². The van der Waals surface area contributed by atoms with E-state index < -0.39 is 10.2 Å². The highest BCUT2D eigenvalue weighted by Crippen LogP contribution is 2.25. The minimum Gasteiger partial charge on any atom is -0.341 e. The van der Waals surface area contributed by atoms with E-state index in [0.717, 1.165) is 11.3 Å². The van der Waals surface area contributed by atoms with Crippen LogP contribution >= 0.6 is 0 Å². The lowest BCUT2D eigenvalue weighted by atomic mass is 9.95. The van der Waals surface area contributed by atoms with E-state index in [2.05, 4.69) is 19.6 Å². The Morgan fingerprint density at radius 2 is 1.92 bits per heavy atom. The highest BCUT2D eigenvalue weighted by atomic mass is 32.2. The van der Waals surface area contributed by atoms with Gasteiger partial charge in [0.25, 0.3) is 10.2 Å². The van der Waals surface area contributed by atoms with Gasteiger partial charge in [-0.05, 0) is 26.7 Å². The monoisotopic (exact) mass is 369 g/mol. The summed E-state index contributed by atoms with van der Waals surface area (Å²) in [4.78, 5) is 11.3. The Morgan fingerprint density at radius 3 is 2.48 bits per heavy atom. The first-order valence-electron chi connectivity index (χ1n) is 9.06. The van der Waals surface area contributed by atoms with Crippen molar-refractivity contribution in [1.29, 1.82) is 0 Å². The smallest absolute Gasteiger partial charge is 0.279 e. The summed E-state index contributed by atoms with van der Waals surface area (Å²) < 4.78 is 28.4. The van der Waals surface area contributed by atoms with Crippen molar-refractivity contribution in [3.8, 4) is 0 Å². The topological polar surface area (TPSA) is 78.4 Å². The summed E-state index contributed by atoms with van der Waals surface area (Å²) in [7, 11) is 0.104. The van der Waals surface area contributed by atoms with E-state index in [0.29, 0.717) is 18.5 Å². The number of rotatable bonds is 7. The van der Waals surface area contributed by atoms with Crippen LogP contribution in [0.5, 0.6) is 0 Å². The number of hydrogen-bond acceptors (Lipinski definition) is 5. The van der Waals surface area contributed by atoms with E-state index in [4.69, 9.17) is 0 Å². The van der Waals surface area contributed by atoms with Gasteiger partial charge in [0.1, 0.15) is 0 Å². The summed E-state index contributed by atoms with van der Waals surface area (Å²) in [6.45, 7) is 5.94. The van der Waals surface area contributed by atoms with Gasteiger partial charge >= 0.3 is 0 Å². The summed E-state index contributed by atoms with van der Waals surface area (Å²) in [5.41, 5.74) is 1.61. The van der Waals surface area contributed by atoms with Gasteiger partial charge in [0.2, 0.25) is 5.95 Å². The molecule has 1 aromatic rings. The third kappa shape index (κ3) is 4.89. The van der Waals surface area contributed by atoms with Crippen molar-refractivity contribution in [3.63, 3.8) is 0 Å². The fraction of sp³-hybridized carbons (Fsp3) is 0.765. The molecule has 0 radical (unpaired) electrons. The summed E-state index contributed by atoms with van der Waals surface area (Å²) in [5, 5.41) is 0. The molecule has 0 aromatic carbocycles. The number of anilines is 1. The maximum absolute atomic E-state index is 12.2. The Kier molecular flexibility index (Phi) is 6.76. The predicted molar refractivity (Wildman–Crippen MR) is 101 cm³/mol. The van der Waals surface area contributed by atoms with Gasteiger partial charge in [-0.2, -0.15) is 17.4 Å². The van der Waals surface area contributed by atoms with Gasteiger partial charge < -0.3 is 4.90 Å². The van der Waals surface area contributed by atoms with Crippen LogP contribution in [0.2, 0.25) is 0 Å². The molecule has 2 rings (SSSR count). The molecule has 1 aliphatic carbocycles. The highest BCUT2D eigenvalue weighted by molar-refractivity contribution is 7.87. The largest absolute Gasteiger partial charge is 0.341 e. The van der Waals surface area contributed by atoms with Crippen LogP contribution in [0, 0.1) is 6.92 Å². The molecule has 0 spiro atoms. The number of aromatic nitrogens is 2. The lowest BCUT2D eigenvalue weighted by Crippen LogP contribution is -2.39. The molecule has 1 saturated carbocycles. The second kappa shape index (κ2) is 8.42. The van der Waals surface area contributed by atoms with Crippen LogP contribution in [-0.2, 0) is 10.2 Å². The Bertz CT molecular complexity index is 674. The van der Waals surface area contributed by atoms with E-state index in [1.807, 2.05) is 20.9 Å². The van der Waals surface area contributed by atoms with Gasteiger partial charge in [-0.1, -0.05) is 26.2 Å². The molecule has 8 heteroatoms. The molecule has 1 N–H and O–H groups in total. The Labute approximate surface area is 152 Å². The summed E-state index contributed by atoms with van der Waals surface area (Å²) in [5.74, 6) is 0.717. The van der Waals surface area contributed by atoms with Crippen molar-refractivity contribution in [2.24, 2.45) is 0 Å². The first kappa shape index (κ1) is 20.1. The molecule has 0 bridgehead atoms. The molecule has 0 amide bonds. The Balaban J connectivity index is 2.13. The van der Waals surface area contributed by atoms with Crippen LogP contribution in [0.15, 0.2) is 6.20 Å². The maximum Gasteiger partial charge on any atom is 0.279 e. The lowest BCUT2D eigenvalue weighted by molar-refractivity contribution is 0.423. The van der Waals surface area contributed by atoms with Crippen LogP contribution in [0.1, 0.15) is 63.3 Å². The summed E-state index contributed by atoms with van der Waals surface area (Å²) in [6.07, 6.45) is 7.94. The number of aryl methyl sites for hydroxylation is 1. The van der Waals surface area contributed by atoms with E-state index >= 15 is 0 Å². The first-order chi connectivity index (χ1) is 11.8. The normalized spacial score (nSPS) is 17.7. The van der Waals surface area contributed by atoms with Gasteiger partial charge in [-0.15, -0.1) is 0 Å². The highest BCUT2D eigenvalue weighted by Gasteiger charge is 2.23. The van der Waals surface area contributed by atoms with Crippen molar-refractivity contribution in [2.75, 3.05) is 25.5 Å². The molecule has 25 heavy (non-hydrogen) atoms. The molecule has 0 saturated heterocycles. The van der Waals surface area contributed by atoms with Crippen LogP contribution in [0.25, 0.3) is 0 Å². The molecule has 1 aromatic heterocycles. The van der Waals surface area contributed by atoms with E-state index in [-0.39, 0.29) is 6.04 Å². The molecule has 7 nitrogen and oxygen atoms in total. The zero-order chi connectivity index (χ0) is 18.6. The number of nitrogens with zero attached hydrogens (tertiary/aromatic N) is 4. The zero-order valence-electron chi connectivity index (χ0n) is 16.0. The predicted octanol–water partition coefficient (Wildman–Crippen LogP) is 2.40. The summed E-state index contributed by atoms with van der Waals surface area (Å²) >= 11 is 0. The molecule has 1 atom stereocenters. The SMILES string of the molecule is CCN(C)S(=O)(=O)N[C@@H](C)c1cnc(N(C)C2CCCCC2)nc1C. The van der Waals surface area contributed by atoms with Crippen molar-refractivity contribution in [2.45, 2.75) is 65.0 Å². The lowest BCUT2D eigenvalue weighted by Gasteiger charge is -2.31. The number of hydrogen-bond donors (Lipinski definition) is 1. The molecular formula is C17H31N5O2S. The van der Waals surface area contributed by atoms with Crippen molar-refractivity contribution in [1.82, 2.24) is 19.0 Å². The fourth-order valence-electron chi connectivity index (χ4n) is 3.24. The van der Waals surface area contributed by atoms with Crippen molar-refractivity contribution >= 4 is 16.2 Å². The maximum atomic E-state index is 12.2. The molecule has 0 unspecified atom stereocenters. The molecule has 1 fully saturated rings. The van der Waals surface area contributed by atoms with Gasteiger partial charge in [0.15, 0.2) is 0 Å². The minimum absolute atomic E-state index is 0.381. The molecule has 0 aliphatic heterocycles. The van der Waals surface area contributed by atoms with Gasteiger partial charge in [-0.3, -0.25) is 0 Å². The quantitative estimate of drug-likeness (QED) is 0.798. The third-order valence-corrected chi connectivity index (χ3v) is 6.82. The average molecular weight is 370 g/mol. The summed E-state index contributed by atoms with van der Waals surface area (Å²) in [6, 6.07) is 0.112. The van der Waals surface area contributed by atoms with Gasteiger partial charge in [0.05, 0.1) is 0 Å². The van der Waals surface area contributed by atoms with Crippen LogP contribution in [-0.4, -0.2) is 49.4 Å². The average Bonchev–Trinajstić information content (AvgIpc) is 2.60. The molecular weight excluding hydrogens is 338 g/mol. The molecule has 1 heterocycles. The van der Waals surface area contributed by atoms with Crippen molar-refractivity contribution in [3.05, 3.63) is 17.5 Å².